The SMILES string of the molecule is COC(=O)CCCCC(=O)N[C@@H](C)C(=O)N[C@@H](C)C(=O)Nc1cc(COS(C)(=O)=O)cc(COS(C)(=O)=O)c1.COC(=O)CCCCC(=O)N[C@@H](C)C(=O)N[C@@H](C)C(=O)Nc1cc(COc2cc3c(cc2OC)C(=O)N2c4ccccc4C[C@H]2CN3)cc(COS(C)(=O)=O)c1.COc1cc2c(cc1O)CC[C@@H]1Cc3ccccc3N1C2=O. The standard InChI is InChI=1S/C39H47N5O11S.C23H35N3O11S2.C18H17NO3/c1-23(41-35(45)12-8-9-13-36(46)53-4)37(47)42-24(2)38(48)43-28-15-25(14-26(16-28)22-55-56(5,50)51)21-54-34-19-31-30(18-33(34)52-3)39(49)44-29(20-40-31)17-27-10-6-7-11-32(27)44;1-15(24-20(27)8-6-7-9-21(28)35-3)22(29)25-16(2)23(30)26-19-11-17(13-36-38(4,31)32)10-18(12-19)14-37-39(5,33)34;1-22-17-10-14-11(9-16(17)20)6-7-13-8-12-4-2-3-5-15(12)19(13)18(14)21/h6-7,10-11,14-16,18-19,23-24,29,40H,8-9,12-13,17,20-22H2,1-5H3,(H,41,45)(H,42,47)(H,43,48);10-12,15-16H,6-9,13-14H2,1-5H3,(H,24,27)(H,25,29)(H,26,30);2-5,9-10,13,20H,6-8H2,1H3/t23-,24-,29-;15-,16-;13-/m001/s1. The summed E-state index contributed by atoms with van der Waals surface area (Å²) in [5, 5.41) is 28.8. The summed E-state index contributed by atoms with van der Waals surface area (Å²) in [6.45, 7) is 5.23. The van der Waals surface area contributed by atoms with Crippen molar-refractivity contribution >= 4 is 118 Å². The van der Waals surface area contributed by atoms with E-state index < -0.39 is 84.1 Å². The number of carbonyl (C=O) groups is 10. The lowest BCUT2D eigenvalue weighted by molar-refractivity contribution is -0.141. The molecular weight excluding hydrogens is 1580 g/mol. The van der Waals surface area contributed by atoms with Gasteiger partial charge >= 0.3 is 11.9 Å². The highest BCUT2D eigenvalue weighted by Gasteiger charge is 2.40. The Morgan fingerprint density at radius 1 is 0.470 bits per heavy atom. The van der Waals surface area contributed by atoms with E-state index in [4.69, 9.17) is 26.8 Å². The number of unbranched alkanes of at least 4 members (excludes halogenated alkanes) is 2. The normalized spacial score (nSPS) is 15.4. The van der Waals surface area contributed by atoms with Crippen LogP contribution < -0.4 is 61.2 Å². The van der Waals surface area contributed by atoms with Crippen molar-refractivity contribution in [2.45, 2.75) is 167 Å². The van der Waals surface area contributed by atoms with Crippen LogP contribution in [-0.2, 0) is 136 Å². The minimum atomic E-state index is -3.80. The number of benzene rings is 6. The van der Waals surface area contributed by atoms with E-state index >= 15 is 0 Å². The number of aromatic hydroxyl groups is 1. The second kappa shape index (κ2) is 41.5. The van der Waals surface area contributed by atoms with Crippen LogP contribution in [-0.4, -0.2) is 180 Å². The Morgan fingerprint density at radius 2 is 0.872 bits per heavy atom. The Hall–Kier alpha value is -11.3. The first-order valence-electron chi connectivity index (χ1n) is 37.4. The summed E-state index contributed by atoms with van der Waals surface area (Å²) in [6.07, 6.45) is 8.36. The number of fused-ring (bicyclic) bond motifs is 8. The molecule has 4 aliphatic heterocycles. The lowest BCUT2D eigenvalue weighted by Gasteiger charge is -2.23. The summed E-state index contributed by atoms with van der Waals surface area (Å²) in [4.78, 5) is 128. The van der Waals surface area contributed by atoms with Crippen LogP contribution in [0.4, 0.5) is 28.4 Å². The van der Waals surface area contributed by atoms with Crippen LogP contribution in [0, 0.1) is 0 Å². The first kappa shape index (κ1) is 91.3. The van der Waals surface area contributed by atoms with Crippen LogP contribution in [0.15, 0.2) is 109 Å². The number of esters is 2. The summed E-state index contributed by atoms with van der Waals surface area (Å²) < 4.78 is 110. The van der Waals surface area contributed by atoms with E-state index in [9.17, 15) is 78.3 Å². The second-order valence-electron chi connectivity index (χ2n) is 28.3. The number of hydrogen-bond donors (Lipinski definition) is 8. The molecule has 8 N–H and O–H groups in total. The Kier molecular flexibility index (Phi) is 32.4. The predicted octanol–water partition coefficient (Wildman–Crippen LogP) is 6.67. The quantitative estimate of drug-likeness (QED) is 0.0119. The number of nitrogens with one attached hydrogen (secondary N) is 7. The number of carbonyl (C=O) groups excluding carboxylic acids is 10. The second-order valence-corrected chi connectivity index (χ2v) is 33.3. The molecule has 34 nitrogen and oxygen atoms in total. The number of amides is 8. The Labute approximate surface area is 679 Å². The number of hydrogen-bond acceptors (Lipinski definition) is 26. The summed E-state index contributed by atoms with van der Waals surface area (Å²) in [7, 11) is -5.81. The molecule has 6 atom stereocenters. The number of phenols is 1. The molecule has 4 heterocycles. The Balaban J connectivity index is 0.000000241. The molecule has 10 rings (SSSR count). The molecule has 0 aliphatic carbocycles. The first-order valence-corrected chi connectivity index (χ1v) is 42.8. The van der Waals surface area contributed by atoms with Gasteiger partial charge in [0.2, 0.25) is 35.4 Å². The molecule has 4 aliphatic rings. The fraction of sp³-hybridized carbons (Fsp3) is 0.425. The van der Waals surface area contributed by atoms with Gasteiger partial charge in [0.25, 0.3) is 42.2 Å². The Bertz CT molecular complexity index is 4990. The van der Waals surface area contributed by atoms with Gasteiger partial charge in [-0.1, -0.05) is 42.5 Å². The molecule has 0 saturated carbocycles. The average molecular weight is 1680 g/mol. The van der Waals surface area contributed by atoms with Gasteiger partial charge in [-0.15, -0.1) is 0 Å². The van der Waals surface area contributed by atoms with Crippen LogP contribution in [0.5, 0.6) is 23.0 Å². The molecule has 0 saturated heterocycles. The van der Waals surface area contributed by atoms with Crippen LogP contribution >= 0.6 is 0 Å². The molecule has 6 aromatic carbocycles. The summed E-state index contributed by atoms with van der Waals surface area (Å²) in [5.74, 6) is -2.98. The lowest BCUT2D eigenvalue weighted by Crippen LogP contribution is -2.50. The van der Waals surface area contributed by atoms with Crippen LogP contribution in [0.1, 0.15) is 145 Å². The third-order valence-electron chi connectivity index (χ3n) is 18.9. The van der Waals surface area contributed by atoms with Crippen molar-refractivity contribution < 1.29 is 115 Å². The summed E-state index contributed by atoms with van der Waals surface area (Å²) in [6, 6.07) is 27.9. The van der Waals surface area contributed by atoms with Crippen molar-refractivity contribution in [2.75, 3.05) is 79.5 Å². The number of methoxy groups -OCH3 is 4. The topological polar surface area (TPSA) is 458 Å². The van der Waals surface area contributed by atoms with Gasteiger partial charge in [-0.25, -0.2) is 0 Å². The number of nitrogens with zero attached hydrogens (tertiary/aromatic N) is 2. The van der Waals surface area contributed by atoms with Crippen molar-refractivity contribution in [1.82, 2.24) is 21.3 Å². The highest BCUT2D eigenvalue weighted by molar-refractivity contribution is 7.86. The molecule has 0 bridgehead atoms. The zero-order chi connectivity index (χ0) is 85.6. The van der Waals surface area contributed by atoms with E-state index in [1.54, 1.807) is 36.4 Å². The zero-order valence-electron chi connectivity index (χ0n) is 66.7. The number of anilines is 5. The molecule has 632 valence electrons. The third-order valence-corrected chi connectivity index (χ3v) is 20.6. The Morgan fingerprint density at radius 3 is 1.32 bits per heavy atom. The van der Waals surface area contributed by atoms with Crippen molar-refractivity contribution in [3.05, 3.63) is 159 Å². The molecular formula is C80H99N9O25S3. The number of ether oxygens (including phenoxy) is 5. The molecule has 0 unspecified atom stereocenters. The lowest BCUT2D eigenvalue weighted by atomic mass is 9.99. The van der Waals surface area contributed by atoms with E-state index in [-0.39, 0.29) is 111 Å². The highest BCUT2D eigenvalue weighted by atomic mass is 32.2. The smallest absolute Gasteiger partial charge is 0.305 e. The van der Waals surface area contributed by atoms with Gasteiger partial charge in [0.1, 0.15) is 30.8 Å². The van der Waals surface area contributed by atoms with E-state index in [1.807, 2.05) is 52.3 Å². The number of phenolic OH excluding ortho intramolecular Hbond substituents is 1. The molecule has 6 aromatic rings. The molecule has 0 spiro atoms. The van der Waals surface area contributed by atoms with Gasteiger partial charge in [-0.3, -0.25) is 60.5 Å². The number of para-hydroxylation sites is 2. The maximum atomic E-state index is 13.8. The van der Waals surface area contributed by atoms with E-state index in [1.165, 1.54) is 86.0 Å². The van der Waals surface area contributed by atoms with Crippen molar-refractivity contribution in [2.24, 2.45) is 0 Å². The maximum absolute atomic E-state index is 13.8. The van der Waals surface area contributed by atoms with Crippen LogP contribution in [0.3, 0.4) is 0 Å². The largest absolute Gasteiger partial charge is 0.504 e. The van der Waals surface area contributed by atoms with E-state index in [0.717, 1.165) is 67.0 Å². The van der Waals surface area contributed by atoms with Gasteiger partial charge in [-0.05, 0) is 179 Å². The van der Waals surface area contributed by atoms with E-state index in [2.05, 4.69) is 52.8 Å². The van der Waals surface area contributed by atoms with Gasteiger partial charge in [0, 0.05) is 72.6 Å². The van der Waals surface area contributed by atoms with Gasteiger partial charge in [0.05, 0.1) is 84.3 Å². The third kappa shape index (κ3) is 27.2. The maximum Gasteiger partial charge on any atom is 0.305 e. The predicted molar refractivity (Wildman–Crippen MR) is 431 cm³/mol. The van der Waals surface area contributed by atoms with Crippen LogP contribution in [0.2, 0.25) is 0 Å². The number of rotatable bonds is 34. The fourth-order valence-corrected chi connectivity index (χ4v) is 14.1. The zero-order valence-corrected chi connectivity index (χ0v) is 69.2. The van der Waals surface area contributed by atoms with Crippen molar-refractivity contribution in [3.63, 3.8) is 0 Å². The summed E-state index contributed by atoms with van der Waals surface area (Å²) in [5.41, 5.74) is 8.81. The molecule has 0 aromatic heterocycles. The first-order chi connectivity index (χ1) is 55.3. The minimum absolute atomic E-state index is 0.000694. The molecule has 37 heteroatoms. The minimum Gasteiger partial charge on any atom is -0.504 e. The summed E-state index contributed by atoms with van der Waals surface area (Å²) >= 11 is 0. The molecule has 0 radical (unpaired) electrons. The average Bonchev–Trinajstić information content (AvgIpc) is 1.62. The van der Waals surface area contributed by atoms with E-state index in [0.29, 0.717) is 88.5 Å². The monoisotopic (exact) mass is 1680 g/mol. The van der Waals surface area contributed by atoms with Gasteiger partial charge < -0.3 is 75.8 Å². The highest BCUT2D eigenvalue weighted by Crippen LogP contribution is 2.43. The van der Waals surface area contributed by atoms with Crippen molar-refractivity contribution in [1.29, 1.82) is 0 Å². The van der Waals surface area contributed by atoms with Crippen LogP contribution in [0.25, 0.3) is 0 Å². The van der Waals surface area contributed by atoms with Gasteiger partial charge in [0.15, 0.2) is 23.0 Å². The molecule has 8 amide bonds. The van der Waals surface area contributed by atoms with Gasteiger partial charge in [-0.2, -0.15) is 25.3 Å². The molecule has 117 heavy (non-hydrogen) atoms. The molecule has 0 fully saturated rings. The number of aryl methyl sites for hydroxylation is 1. The van der Waals surface area contributed by atoms with Crippen molar-refractivity contribution in [3.8, 4) is 23.0 Å². The fourth-order valence-electron chi connectivity index (χ4n) is 13.1.